The minimum Gasteiger partial charge on any atom is -0.335 e. The van der Waals surface area contributed by atoms with Crippen molar-refractivity contribution in [3.63, 3.8) is 0 Å². The van der Waals surface area contributed by atoms with E-state index >= 15 is 0 Å². The van der Waals surface area contributed by atoms with Gasteiger partial charge in [-0.05, 0) is 54.4 Å². The number of halogens is 1. The molecule has 0 bridgehead atoms. The van der Waals surface area contributed by atoms with E-state index in [1.165, 1.54) is 19.3 Å². The number of rotatable bonds is 3. The van der Waals surface area contributed by atoms with Crippen molar-refractivity contribution >= 4 is 27.5 Å². The molecule has 1 aliphatic rings. The second kappa shape index (κ2) is 5.46. The maximum absolute atomic E-state index is 4.67. The standard InChI is InChI=1S/C13H18BrN5/c1-15-9-10-5-2-3-7-18(10)13-16-12-11(14)6-4-8-19(12)17-13/h4,6,8,10,15H,2-3,5,7,9H2,1H3. The smallest absolute Gasteiger partial charge is 0.246 e. The molecule has 0 aliphatic carbocycles. The fourth-order valence-electron chi connectivity index (χ4n) is 2.70. The summed E-state index contributed by atoms with van der Waals surface area (Å²) in [5, 5.41) is 7.87. The first kappa shape index (κ1) is 12.9. The number of pyridine rings is 1. The molecule has 0 aromatic carbocycles. The quantitative estimate of drug-likeness (QED) is 0.939. The highest BCUT2D eigenvalue weighted by molar-refractivity contribution is 9.10. The lowest BCUT2D eigenvalue weighted by Gasteiger charge is -2.34. The van der Waals surface area contributed by atoms with Crippen LogP contribution in [0.1, 0.15) is 19.3 Å². The Morgan fingerprint density at radius 2 is 2.37 bits per heavy atom. The van der Waals surface area contributed by atoms with Crippen molar-refractivity contribution in [3.05, 3.63) is 22.8 Å². The third-order valence-corrected chi connectivity index (χ3v) is 4.25. The van der Waals surface area contributed by atoms with Crippen LogP contribution in [0.4, 0.5) is 5.95 Å². The first-order valence-corrected chi connectivity index (χ1v) is 7.51. The molecule has 1 atom stereocenters. The molecule has 0 spiro atoms. The molecule has 102 valence electrons. The summed E-state index contributed by atoms with van der Waals surface area (Å²) in [5.74, 6) is 0.840. The van der Waals surface area contributed by atoms with Gasteiger partial charge in [-0.3, -0.25) is 0 Å². The molecule has 2 aromatic heterocycles. The van der Waals surface area contributed by atoms with E-state index in [-0.39, 0.29) is 0 Å². The Balaban J connectivity index is 1.95. The van der Waals surface area contributed by atoms with E-state index in [0.29, 0.717) is 6.04 Å². The second-order valence-corrected chi connectivity index (χ2v) is 5.79. The van der Waals surface area contributed by atoms with Crippen LogP contribution >= 0.6 is 15.9 Å². The van der Waals surface area contributed by atoms with Crippen molar-refractivity contribution in [1.29, 1.82) is 0 Å². The molecule has 1 saturated heterocycles. The van der Waals surface area contributed by atoms with Gasteiger partial charge in [0, 0.05) is 25.3 Å². The van der Waals surface area contributed by atoms with Crippen LogP contribution in [0.25, 0.3) is 5.65 Å². The average molecular weight is 324 g/mol. The Morgan fingerprint density at radius 1 is 1.47 bits per heavy atom. The third kappa shape index (κ3) is 2.47. The van der Waals surface area contributed by atoms with E-state index in [1.54, 1.807) is 0 Å². The molecule has 2 aromatic rings. The summed E-state index contributed by atoms with van der Waals surface area (Å²) in [5.41, 5.74) is 0.881. The number of nitrogens with zero attached hydrogens (tertiary/aromatic N) is 4. The SMILES string of the molecule is CNCC1CCCCN1c1nc2c(Br)cccn2n1. The van der Waals surface area contributed by atoms with Gasteiger partial charge < -0.3 is 10.2 Å². The topological polar surface area (TPSA) is 45.5 Å². The van der Waals surface area contributed by atoms with Crippen molar-refractivity contribution in [3.8, 4) is 0 Å². The number of anilines is 1. The molecule has 0 radical (unpaired) electrons. The van der Waals surface area contributed by atoms with Gasteiger partial charge in [-0.15, -0.1) is 5.10 Å². The van der Waals surface area contributed by atoms with Crippen LogP contribution in [0, 0.1) is 0 Å². The number of hydrogen-bond donors (Lipinski definition) is 1. The number of piperidine rings is 1. The molecule has 0 saturated carbocycles. The molecule has 1 unspecified atom stereocenters. The highest BCUT2D eigenvalue weighted by Crippen LogP contribution is 2.24. The van der Waals surface area contributed by atoms with Gasteiger partial charge in [0.1, 0.15) is 0 Å². The predicted molar refractivity (Wildman–Crippen MR) is 79.6 cm³/mol. The Kier molecular flexibility index (Phi) is 3.70. The summed E-state index contributed by atoms with van der Waals surface area (Å²) < 4.78 is 2.82. The van der Waals surface area contributed by atoms with E-state index in [9.17, 15) is 0 Å². The van der Waals surface area contributed by atoms with E-state index < -0.39 is 0 Å². The average Bonchev–Trinajstić information content (AvgIpc) is 2.85. The Bertz CT molecular complexity index is 565. The Hall–Kier alpha value is -1.14. The van der Waals surface area contributed by atoms with Crippen LogP contribution in [0.5, 0.6) is 0 Å². The molecule has 0 amide bonds. The predicted octanol–water partition coefficient (Wildman–Crippen LogP) is 2.07. The van der Waals surface area contributed by atoms with E-state index in [4.69, 9.17) is 0 Å². The van der Waals surface area contributed by atoms with Gasteiger partial charge in [-0.1, -0.05) is 0 Å². The van der Waals surface area contributed by atoms with Gasteiger partial charge in [0.15, 0.2) is 5.65 Å². The minimum atomic E-state index is 0.495. The monoisotopic (exact) mass is 323 g/mol. The van der Waals surface area contributed by atoms with Gasteiger partial charge in [0.25, 0.3) is 0 Å². The zero-order chi connectivity index (χ0) is 13.2. The van der Waals surface area contributed by atoms with E-state index in [1.807, 2.05) is 29.9 Å². The minimum absolute atomic E-state index is 0.495. The summed E-state index contributed by atoms with van der Waals surface area (Å²) in [6.45, 7) is 2.03. The highest BCUT2D eigenvalue weighted by Gasteiger charge is 2.25. The molecule has 19 heavy (non-hydrogen) atoms. The lowest BCUT2D eigenvalue weighted by molar-refractivity contribution is 0.440. The number of hydrogen-bond acceptors (Lipinski definition) is 4. The first-order valence-electron chi connectivity index (χ1n) is 6.72. The fraction of sp³-hybridized carbons (Fsp3) is 0.538. The normalized spacial score (nSPS) is 20.1. The largest absolute Gasteiger partial charge is 0.335 e. The first-order chi connectivity index (χ1) is 9.29. The van der Waals surface area contributed by atoms with Crippen LogP contribution in [-0.4, -0.2) is 40.8 Å². The second-order valence-electron chi connectivity index (χ2n) is 4.94. The summed E-state index contributed by atoms with van der Waals surface area (Å²) in [4.78, 5) is 7.00. The van der Waals surface area contributed by atoms with Gasteiger partial charge in [0.05, 0.1) is 4.47 Å². The lowest BCUT2D eigenvalue weighted by Crippen LogP contribution is -2.45. The van der Waals surface area contributed by atoms with E-state index in [2.05, 4.69) is 36.2 Å². The molecule has 5 nitrogen and oxygen atoms in total. The van der Waals surface area contributed by atoms with Crippen LogP contribution in [0.2, 0.25) is 0 Å². The Labute approximate surface area is 121 Å². The zero-order valence-electron chi connectivity index (χ0n) is 11.0. The maximum atomic E-state index is 4.67. The van der Waals surface area contributed by atoms with Crippen molar-refractivity contribution in [2.75, 3.05) is 25.0 Å². The van der Waals surface area contributed by atoms with Crippen LogP contribution in [0.15, 0.2) is 22.8 Å². The summed E-state index contributed by atoms with van der Waals surface area (Å²) in [6.07, 6.45) is 5.65. The van der Waals surface area contributed by atoms with Gasteiger partial charge in [-0.25, -0.2) is 4.52 Å². The van der Waals surface area contributed by atoms with E-state index in [0.717, 1.165) is 29.2 Å². The zero-order valence-corrected chi connectivity index (χ0v) is 12.6. The van der Waals surface area contributed by atoms with Crippen LogP contribution < -0.4 is 10.2 Å². The van der Waals surface area contributed by atoms with Crippen LogP contribution in [0.3, 0.4) is 0 Å². The number of nitrogens with one attached hydrogen (secondary N) is 1. The van der Waals surface area contributed by atoms with Gasteiger partial charge >= 0.3 is 0 Å². The molecule has 3 heterocycles. The lowest BCUT2D eigenvalue weighted by atomic mass is 10.0. The molecule has 1 fully saturated rings. The number of likely N-dealkylation sites (N-methyl/N-ethyl adjacent to an activating group) is 1. The Morgan fingerprint density at radius 3 is 3.16 bits per heavy atom. The molecule has 3 rings (SSSR count). The van der Waals surface area contributed by atoms with Gasteiger partial charge in [-0.2, -0.15) is 4.98 Å². The molecule has 1 aliphatic heterocycles. The summed E-state index contributed by atoms with van der Waals surface area (Å²) in [7, 11) is 2.00. The van der Waals surface area contributed by atoms with Crippen LogP contribution in [-0.2, 0) is 0 Å². The molecular weight excluding hydrogens is 306 g/mol. The van der Waals surface area contributed by atoms with Crippen molar-refractivity contribution < 1.29 is 0 Å². The molecule has 1 N–H and O–H groups in total. The number of fused-ring (bicyclic) bond motifs is 1. The van der Waals surface area contributed by atoms with Crippen molar-refractivity contribution in [2.24, 2.45) is 0 Å². The maximum Gasteiger partial charge on any atom is 0.246 e. The summed E-state index contributed by atoms with van der Waals surface area (Å²) in [6, 6.07) is 4.46. The fourth-order valence-corrected chi connectivity index (χ4v) is 3.12. The molecule has 6 heteroatoms. The van der Waals surface area contributed by atoms with Crippen molar-refractivity contribution in [1.82, 2.24) is 19.9 Å². The van der Waals surface area contributed by atoms with Crippen molar-refractivity contribution in [2.45, 2.75) is 25.3 Å². The summed E-state index contributed by atoms with van der Waals surface area (Å²) >= 11 is 3.53. The number of aromatic nitrogens is 3. The third-order valence-electron chi connectivity index (χ3n) is 3.63. The molecular formula is C13H18BrN5. The van der Waals surface area contributed by atoms with Gasteiger partial charge in [0.2, 0.25) is 5.95 Å². The highest BCUT2D eigenvalue weighted by atomic mass is 79.9.